The Morgan fingerprint density at radius 2 is 2.25 bits per heavy atom. The topological polar surface area (TPSA) is 48.1 Å². The molecule has 104 valence electrons. The summed E-state index contributed by atoms with van der Waals surface area (Å²) < 4.78 is 5.81. The molecule has 0 radical (unpaired) electrons. The smallest absolute Gasteiger partial charge is 0.147 e. The summed E-state index contributed by atoms with van der Waals surface area (Å²) in [5.74, 6) is 2.09. The van der Waals surface area contributed by atoms with Gasteiger partial charge in [0.2, 0.25) is 0 Å². The summed E-state index contributed by atoms with van der Waals surface area (Å²) in [5.41, 5.74) is 6.57. The van der Waals surface area contributed by atoms with Crippen LogP contribution in [0.15, 0.2) is 41.6 Å². The van der Waals surface area contributed by atoms with E-state index in [4.69, 9.17) is 34.3 Å². The van der Waals surface area contributed by atoms with E-state index in [1.165, 1.54) is 0 Å². The van der Waals surface area contributed by atoms with Crippen molar-refractivity contribution in [3.63, 3.8) is 0 Å². The molecule has 20 heavy (non-hydrogen) atoms. The van der Waals surface area contributed by atoms with Crippen molar-refractivity contribution in [3.8, 4) is 11.5 Å². The summed E-state index contributed by atoms with van der Waals surface area (Å²) in [6.07, 6.45) is 3.14. The first-order valence-corrected chi connectivity index (χ1v) is 7.73. The van der Waals surface area contributed by atoms with Gasteiger partial charge in [0.05, 0.1) is 16.8 Å². The van der Waals surface area contributed by atoms with Crippen LogP contribution in [0, 0.1) is 0 Å². The average Bonchev–Trinajstić information content (AvgIpc) is 2.39. The van der Waals surface area contributed by atoms with E-state index in [1.807, 2.05) is 18.2 Å². The maximum absolute atomic E-state index is 5.90. The third kappa shape index (κ3) is 3.62. The van der Waals surface area contributed by atoms with Crippen LogP contribution < -0.4 is 10.5 Å². The van der Waals surface area contributed by atoms with Crippen LogP contribution in [0.5, 0.6) is 11.5 Å². The second kappa shape index (κ2) is 6.92. The van der Waals surface area contributed by atoms with Crippen molar-refractivity contribution in [1.29, 1.82) is 0 Å². The molecule has 0 aliphatic carbocycles. The highest BCUT2D eigenvalue weighted by atomic mass is 35.5. The van der Waals surface area contributed by atoms with Crippen molar-refractivity contribution in [2.75, 3.05) is 5.75 Å². The summed E-state index contributed by atoms with van der Waals surface area (Å²) in [5, 5.41) is 0.512. The molecule has 2 aromatic rings. The summed E-state index contributed by atoms with van der Waals surface area (Å²) in [4.78, 5) is 5.31. The van der Waals surface area contributed by atoms with Crippen LogP contribution in [-0.4, -0.2) is 15.7 Å². The van der Waals surface area contributed by atoms with Gasteiger partial charge in [-0.2, -0.15) is 0 Å². The largest absolute Gasteiger partial charge is 0.455 e. The molecule has 0 bridgehead atoms. The maximum atomic E-state index is 5.90. The molecule has 2 N–H and O–H groups in total. The molecular weight excluding hydrogens is 312 g/mol. The zero-order valence-electron chi connectivity index (χ0n) is 10.8. The number of ether oxygens (including phenoxy) is 1. The van der Waals surface area contributed by atoms with Crippen LogP contribution in [-0.2, 0) is 0 Å². The second-order valence-corrected chi connectivity index (χ2v) is 6.05. The van der Waals surface area contributed by atoms with Crippen molar-refractivity contribution >= 4 is 40.6 Å². The first-order valence-electron chi connectivity index (χ1n) is 5.96. The fourth-order valence-electron chi connectivity index (χ4n) is 1.69. The SMILES string of the molecule is CCSc1cccc(Oc2cncc(Cl)c2)c1C(N)=S. The van der Waals surface area contributed by atoms with Crippen molar-refractivity contribution < 1.29 is 4.74 Å². The Kier molecular flexibility index (Phi) is 5.23. The lowest BCUT2D eigenvalue weighted by Gasteiger charge is -2.13. The summed E-state index contributed by atoms with van der Waals surface area (Å²) >= 11 is 12.7. The minimum atomic E-state index is 0.312. The lowest BCUT2D eigenvalue weighted by atomic mass is 10.2. The van der Waals surface area contributed by atoms with Crippen molar-refractivity contribution in [1.82, 2.24) is 4.98 Å². The molecule has 0 unspecified atom stereocenters. The first-order chi connectivity index (χ1) is 9.61. The number of thioether (sulfide) groups is 1. The predicted molar refractivity (Wildman–Crippen MR) is 88.0 cm³/mol. The van der Waals surface area contributed by atoms with Crippen molar-refractivity contribution in [2.24, 2.45) is 5.73 Å². The normalized spacial score (nSPS) is 10.3. The minimum absolute atomic E-state index is 0.312. The van der Waals surface area contributed by atoms with E-state index in [0.29, 0.717) is 21.5 Å². The van der Waals surface area contributed by atoms with Crippen molar-refractivity contribution in [2.45, 2.75) is 11.8 Å². The van der Waals surface area contributed by atoms with Crippen molar-refractivity contribution in [3.05, 3.63) is 47.2 Å². The van der Waals surface area contributed by atoms with Crippen LogP contribution in [0.3, 0.4) is 0 Å². The van der Waals surface area contributed by atoms with E-state index < -0.39 is 0 Å². The minimum Gasteiger partial charge on any atom is -0.455 e. The van der Waals surface area contributed by atoms with Crippen LogP contribution in [0.1, 0.15) is 12.5 Å². The van der Waals surface area contributed by atoms with Gasteiger partial charge in [-0.1, -0.05) is 36.8 Å². The van der Waals surface area contributed by atoms with E-state index in [9.17, 15) is 0 Å². The molecule has 0 spiro atoms. The molecule has 1 aromatic heterocycles. The van der Waals surface area contributed by atoms with Gasteiger partial charge in [-0.25, -0.2) is 0 Å². The van der Waals surface area contributed by atoms with Gasteiger partial charge >= 0.3 is 0 Å². The van der Waals surface area contributed by atoms with Crippen LogP contribution in [0.25, 0.3) is 0 Å². The van der Waals surface area contributed by atoms with Gasteiger partial charge in [0, 0.05) is 17.2 Å². The molecule has 1 heterocycles. The van der Waals surface area contributed by atoms with Gasteiger partial charge in [-0.15, -0.1) is 11.8 Å². The van der Waals surface area contributed by atoms with Gasteiger partial charge in [0.15, 0.2) is 0 Å². The summed E-state index contributed by atoms with van der Waals surface area (Å²) in [7, 11) is 0. The first kappa shape index (κ1) is 15.1. The number of benzene rings is 1. The maximum Gasteiger partial charge on any atom is 0.147 e. The molecule has 0 atom stereocenters. The zero-order chi connectivity index (χ0) is 14.5. The summed E-state index contributed by atoms with van der Waals surface area (Å²) in [6.45, 7) is 2.07. The van der Waals surface area contributed by atoms with Gasteiger partial charge in [0.1, 0.15) is 16.5 Å². The van der Waals surface area contributed by atoms with Crippen LogP contribution in [0.2, 0.25) is 5.02 Å². The number of aromatic nitrogens is 1. The molecule has 0 fully saturated rings. The average molecular weight is 325 g/mol. The Balaban J connectivity index is 2.40. The van der Waals surface area contributed by atoms with E-state index in [0.717, 1.165) is 16.2 Å². The third-order valence-corrected chi connectivity index (χ3v) is 3.79. The number of nitrogens with zero attached hydrogens (tertiary/aromatic N) is 1. The Bertz CT molecular complexity index is 634. The highest BCUT2D eigenvalue weighted by Crippen LogP contribution is 2.33. The number of hydrogen-bond donors (Lipinski definition) is 1. The Morgan fingerprint density at radius 3 is 2.90 bits per heavy atom. The third-order valence-electron chi connectivity index (χ3n) is 2.44. The number of nitrogens with two attached hydrogens (primary N) is 1. The molecule has 1 aromatic carbocycles. The monoisotopic (exact) mass is 324 g/mol. The fourth-order valence-corrected chi connectivity index (χ4v) is 2.97. The second-order valence-electron chi connectivity index (χ2n) is 3.87. The molecule has 2 rings (SSSR count). The fraction of sp³-hybridized carbons (Fsp3) is 0.143. The van der Waals surface area contributed by atoms with Crippen LogP contribution in [0.4, 0.5) is 0 Å². The predicted octanol–water partition coefficient (Wildman–Crippen LogP) is 4.27. The van der Waals surface area contributed by atoms with Crippen LogP contribution >= 0.6 is 35.6 Å². The lowest BCUT2D eigenvalue weighted by molar-refractivity contribution is 0.478. The number of hydrogen-bond acceptors (Lipinski definition) is 4. The Labute approximate surface area is 132 Å². The molecule has 0 aliphatic heterocycles. The van der Waals surface area contributed by atoms with Gasteiger partial charge < -0.3 is 10.5 Å². The van der Waals surface area contributed by atoms with Gasteiger partial charge in [-0.05, 0) is 17.9 Å². The van der Waals surface area contributed by atoms with E-state index in [2.05, 4.69) is 11.9 Å². The lowest BCUT2D eigenvalue weighted by Crippen LogP contribution is -2.12. The number of rotatable bonds is 5. The molecule has 3 nitrogen and oxygen atoms in total. The summed E-state index contributed by atoms with van der Waals surface area (Å²) in [6, 6.07) is 7.41. The molecule has 0 saturated heterocycles. The van der Waals surface area contributed by atoms with Gasteiger partial charge in [-0.3, -0.25) is 4.98 Å². The highest BCUT2D eigenvalue weighted by molar-refractivity contribution is 7.99. The van der Waals surface area contributed by atoms with E-state index in [-0.39, 0.29) is 0 Å². The number of pyridine rings is 1. The Morgan fingerprint density at radius 1 is 1.45 bits per heavy atom. The molecular formula is C14H13ClN2OS2. The zero-order valence-corrected chi connectivity index (χ0v) is 13.2. The highest BCUT2D eigenvalue weighted by Gasteiger charge is 2.13. The molecule has 0 saturated carbocycles. The molecule has 0 aliphatic rings. The standard InChI is InChI=1S/C14H13ClN2OS2/c1-2-20-12-5-3-4-11(13(12)14(16)19)18-10-6-9(15)7-17-8-10/h3-8H,2H2,1H3,(H2,16,19). The number of halogens is 1. The number of thiocarbonyl (C=S) groups is 1. The quantitative estimate of drug-likeness (QED) is 0.657. The molecule has 0 amide bonds. The van der Waals surface area contributed by atoms with E-state index in [1.54, 1.807) is 30.2 Å². The van der Waals surface area contributed by atoms with Gasteiger partial charge in [0.25, 0.3) is 0 Å². The Hall–Kier alpha value is -1.30. The molecule has 6 heteroatoms. The van der Waals surface area contributed by atoms with E-state index >= 15 is 0 Å².